The predicted molar refractivity (Wildman–Crippen MR) is 100 cm³/mol. The van der Waals surface area contributed by atoms with Gasteiger partial charge in [-0.15, -0.1) is 0 Å². The Morgan fingerprint density at radius 3 is 2.32 bits per heavy atom. The van der Waals surface area contributed by atoms with Crippen LogP contribution in [0.1, 0.15) is 0 Å². The Balaban J connectivity index is 1.60. The van der Waals surface area contributed by atoms with Gasteiger partial charge in [0.15, 0.2) is 5.58 Å². The molecule has 5 aromatic rings. The first-order chi connectivity index (χ1) is 12.4. The zero-order chi connectivity index (χ0) is 16.6. The number of fused-ring (bicyclic) bond motifs is 2. The van der Waals surface area contributed by atoms with E-state index in [-0.39, 0.29) is 0 Å². The molecule has 3 aromatic carbocycles. The minimum Gasteiger partial charge on any atom is -0.436 e. The molecule has 0 bridgehead atoms. The minimum absolute atomic E-state index is 0.634. The smallest absolute Gasteiger partial charge is 0.227 e. The zero-order valence-corrected chi connectivity index (χ0v) is 13.4. The third-order valence-corrected chi connectivity index (χ3v) is 4.30. The molecule has 3 nitrogen and oxygen atoms in total. The van der Waals surface area contributed by atoms with Gasteiger partial charge in [0.05, 0.1) is 11.2 Å². The summed E-state index contributed by atoms with van der Waals surface area (Å²) in [6, 6.07) is 28.2. The van der Waals surface area contributed by atoms with Gasteiger partial charge in [-0.3, -0.25) is 0 Å². The summed E-state index contributed by atoms with van der Waals surface area (Å²) in [5, 5.41) is 1.07. The normalized spacial score (nSPS) is 11.2. The zero-order valence-electron chi connectivity index (χ0n) is 13.4. The highest BCUT2D eigenvalue weighted by Crippen LogP contribution is 2.28. The second-order valence-electron chi connectivity index (χ2n) is 5.96. The Hall–Kier alpha value is -3.46. The van der Waals surface area contributed by atoms with Crippen LogP contribution in [0.4, 0.5) is 0 Å². The number of benzene rings is 3. The van der Waals surface area contributed by atoms with Gasteiger partial charge in [-0.05, 0) is 36.4 Å². The van der Waals surface area contributed by atoms with E-state index >= 15 is 0 Å². The molecule has 0 aliphatic rings. The molecular formula is C22H14N2O. The molecule has 118 valence electrons. The van der Waals surface area contributed by atoms with Gasteiger partial charge < -0.3 is 4.42 Å². The molecule has 0 atom stereocenters. The second kappa shape index (κ2) is 5.56. The molecule has 2 heterocycles. The molecule has 0 spiro atoms. The van der Waals surface area contributed by atoms with Crippen molar-refractivity contribution in [2.45, 2.75) is 0 Å². The summed E-state index contributed by atoms with van der Waals surface area (Å²) in [4.78, 5) is 9.34. The molecule has 0 saturated heterocycles. The molecule has 0 aliphatic heterocycles. The van der Waals surface area contributed by atoms with Crippen molar-refractivity contribution < 1.29 is 4.42 Å². The number of aromatic nitrogens is 2. The average molecular weight is 322 g/mol. The maximum absolute atomic E-state index is 5.86. The summed E-state index contributed by atoms with van der Waals surface area (Å²) < 4.78 is 5.86. The van der Waals surface area contributed by atoms with Gasteiger partial charge in [-0.1, -0.05) is 48.5 Å². The van der Waals surface area contributed by atoms with Crippen LogP contribution in [0.5, 0.6) is 0 Å². The van der Waals surface area contributed by atoms with Gasteiger partial charge in [0.25, 0.3) is 0 Å². The summed E-state index contributed by atoms with van der Waals surface area (Å²) in [6.07, 6.45) is 0. The third-order valence-electron chi connectivity index (χ3n) is 4.30. The average Bonchev–Trinajstić information content (AvgIpc) is 3.12. The van der Waals surface area contributed by atoms with Gasteiger partial charge in [0.2, 0.25) is 5.89 Å². The fourth-order valence-electron chi connectivity index (χ4n) is 3.02. The van der Waals surface area contributed by atoms with E-state index in [0.29, 0.717) is 5.89 Å². The second-order valence-corrected chi connectivity index (χ2v) is 5.96. The van der Waals surface area contributed by atoms with Crippen LogP contribution in [-0.2, 0) is 0 Å². The number of hydrogen-bond acceptors (Lipinski definition) is 3. The summed E-state index contributed by atoms with van der Waals surface area (Å²) in [7, 11) is 0. The van der Waals surface area contributed by atoms with Crippen LogP contribution < -0.4 is 0 Å². The number of hydrogen-bond donors (Lipinski definition) is 0. The minimum atomic E-state index is 0.634. The van der Waals surface area contributed by atoms with E-state index in [9.17, 15) is 0 Å². The van der Waals surface area contributed by atoms with E-state index in [1.807, 2.05) is 60.7 Å². The Morgan fingerprint density at radius 1 is 0.600 bits per heavy atom. The largest absolute Gasteiger partial charge is 0.436 e. The van der Waals surface area contributed by atoms with Crippen molar-refractivity contribution in [1.29, 1.82) is 0 Å². The highest BCUT2D eigenvalue weighted by molar-refractivity contribution is 5.86. The highest BCUT2D eigenvalue weighted by Gasteiger charge is 2.09. The molecule has 0 radical (unpaired) electrons. The SMILES string of the molecule is c1ccc(-c2ccc3cc(-c4nc5ccccc5o4)ccc3n2)cc1. The number of rotatable bonds is 2. The summed E-state index contributed by atoms with van der Waals surface area (Å²) in [5.41, 5.74) is 5.68. The number of oxazole rings is 1. The Morgan fingerprint density at radius 2 is 1.44 bits per heavy atom. The summed E-state index contributed by atoms with van der Waals surface area (Å²) in [6.45, 7) is 0. The van der Waals surface area contributed by atoms with Crippen LogP contribution in [0.3, 0.4) is 0 Å². The van der Waals surface area contributed by atoms with E-state index in [2.05, 4.69) is 29.2 Å². The molecular weight excluding hydrogens is 308 g/mol. The van der Waals surface area contributed by atoms with Crippen molar-refractivity contribution in [2.75, 3.05) is 0 Å². The van der Waals surface area contributed by atoms with E-state index in [1.54, 1.807) is 0 Å². The number of pyridine rings is 1. The maximum atomic E-state index is 5.86. The van der Waals surface area contributed by atoms with Crippen molar-refractivity contribution in [3.8, 4) is 22.7 Å². The van der Waals surface area contributed by atoms with E-state index in [4.69, 9.17) is 9.40 Å². The van der Waals surface area contributed by atoms with Gasteiger partial charge in [-0.25, -0.2) is 9.97 Å². The van der Waals surface area contributed by atoms with Crippen LogP contribution in [0.2, 0.25) is 0 Å². The molecule has 0 saturated carbocycles. The molecule has 5 rings (SSSR count). The quantitative estimate of drug-likeness (QED) is 0.418. The maximum Gasteiger partial charge on any atom is 0.227 e. The predicted octanol–water partition coefficient (Wildman–Crippen LogP) is 5.71. The van der Waals surface area contributed by atoms with Crippen molar-refractivity contribution in [2.24, 2.45) is 0 Å². The van der Waals surface area contributed by atoms with Gasteiger partial charge in [0.1, 0.15) is 5.52 Å². The third kappa shape index (κ3) is 2.46. The fraction of sp³-hybridized carbons (Fsp3) is 0. The lowest BCUT2D eigenvalue weighted by atomic mass is 10.1. The molecule has 0 N–H and O–H groups in total. The Labute approximate surface area is 144 Å². The van der Waals surface area contributed by atoms with E-state index < -0.39 is 0 Å². The van der Waals surface area contributed by atoms with Gasteiger partial charge in [0, 0.05) is 16.5 Å². The van der Waals surface area contributed by atoms with Crippen LogP contribution in [-0.4, -0.2) is 9.97 Å². The molecule has 0 aliphatic carbocycles. The first-order valence-electron chi connectivity index (χ1n) is 8.19. The lowest BCUT2D eigenvalue weighted by Crippen LogP contribution is -1.86. The van der Waals surface area contributed by atoms with Crippen LogP contribution >= 0.6 is 0 Å². The first-order valence-corrected chi connectivity index (χ1v) is 8.19. The van der Waals surface area contributed by atoms with Crippen LogP contribution in [0, 0.1) is 0 Å². The van der Waals surface area contributed by atoms with Crippen molar-refractivity contribution in [3.05, 3.63) is 84.9 Å². The number of nitrogens with zero attached hydrogens (tertiary/aromatic N) is 2. The fourth-order valence-corrected chi connectivity index (χ4v) is 3.02. The lowest BCUT2D eigenvalue weighted by Gasteiger charge is -2.04. The van der Waals surface area contributed by atoms with E-state index in [1.165, 1.54) is 0 Å². The van der Waals surface area contributed by atoms with Gasteiger partial charge >= 0.3 is 0 Å². The van der Waals surface area contributed by atoms with Crippen LogP contribution in [0.15, 0.2) is 89.3 Å². The van der Waals surface area contributed by atoms with Gasteiger partial charge in [-0.2, -0.15) is 0 Å². The van der Waals surface area contributed by atoms with Crippen molar-refractivity contribution in [1.82, 2.24) is 9.97 Å². The first kappa shape index (κ1) is 13.9. The number of para-hydroxylation sites is 2. The standard InChI is InChI=1S/C22H14N2O/c1-2-6-15(7-3-1)18-12-10-16-14-17(11-13-19(16)23-18)22-24-20-8-4-5-9-21(20)25-22/h1-14H. The highest BCUT2D eigenvalue weighted by atomic mass is 16.3. The lowest BCUT2D eigenvalue weighted by molar-refractivity contribution is 0.620. The van der Waals surface area contributed by atoms with Crippen LogP contribution in [0.25, 0.3) is 44.7 Å². The molecule has 25 heavy (non-hydrogen) atoms. The van der Waals surface area contributed by atoms with Crippen molar-refractivity contribution >= 4 is 22.0 Å². The molecule has 3 heteroatoms. The van der Waals surface area contributed by atoms with E-state index in [0.717, 1.165) is 38.8 Å². The summed E-state index contributed by atoms with van der Waals surface area (Å²) >= 11 is 0. The summed E-state index contributed by atoms with van der Waals surface area (Å²) in [5.74, 6) is 0.634. The molecule has 0 fully saturated rings. The molecule has 0 unspecified atom stereocenters. The topological polar surface area (TPSA) is 38.9 Å². The Bertz CT molecular complexity index is 1160. The molecule has 2 aromatic heterocycles. The monoisotopic (exact) mass is 322 g/mol. The Kier molecular flexibility index (Phi) is 3.10. The molecule has 0 amide bonds. The van der Waals surface area contributed by atoms with Crippen molar-refractivity contribution in [3.63, 3.8) is 0 Å².